The highest BCUT2D eigenvalue weighted by Gasteiger charge is 2.22. The van der Waals surface area contributed by atoms with Crippen LogP contribution in [0.15, 0.2) is 206 Å². The van der Waals surface area contributed by atoms with E-state index in [2.05, 4.69) is 215 Å². The van der Waals surface area contributed by atoms with Crippen molar-refractivity contribution in [3.05, 3.63) is 223 Å². The monoisotopic (exact) mass is 790 g/mol. The summed E-state index contributed by atoms with van der Waals surface area (Å²) in [6.45, 7) is 0. The number of fused-ring (bicyclic) bond motifs is 10. The number of rotatable bonds is 5. The zero-order valence-corrected chi connectivity index (χ0v) is 33.8. The summed E-state index contributed by atoms with van der Waals surface area (Å²) in [4.78, 5) is 10.9. The van der Waals surface area contributed by atoms with Gasteiger partial charge in [-0.25, -0.2) is 9.97 Å². The van der Waals surface area contributed by atoms with Gasteiger partial charge in [0.1, 0.15) is 0 Å². The normalized spacial score (nSPS) is 12.8. The van der Waals surface area contributed by atoms with Crippen LogP contribution < -0.4 is 0 Å². The summed E-state index contributed by atoms with van der Waals surface area (Å²) >= 11 is 0. The van der Waals surface area contributed by atoms with Gasteiger partial charge in [-0.1, -0.05) is 158 Å². The van der Waals surface area contributed by atoms with E-state index in [9.17, 15) is 0 Å². The summed E-state index contributed by atoms with van der Waals surface area (Å²) in [5.41, 5.74) is 16.2. The zero-order chi connectivity index (χ0) is 40.7. The lowest BCUT2D eigenvalue weighted by Gasteiger charge is -2.18. The van der Waals surface area contributed by atoms with E-state index in [0.29, 0.717) is 5.95 Å². The number of nitrogens with zero attached hydrogens (tertiary/aromatic N) is 4. The molecule has 0 N–H and O–H groups in total. The van der Waals surface area contributed by atoms with E-state index in [1.807, 2.05) is 0 Å². The lowest BCUT2D eigenvalue weighted by Crippen LogP contribution is -2.04. The second-order valence-corrected chi connectivity index (χ2v) is 16.4. The maximum atomic E-state index is 5.52. The molecule has 0 atom stereocenters. The van der Waals surface area contributed by atoms with Gasteiger partial charge in [-0.2, -0.15) is 0 Å². The van der Waals surface area contributed by atoms with Crippen molar-refractivity contribution in [1.82, 2.24) is 19.1 Å². The topological polar surface area (TPSA) is 35.6 Å². The number of para-hydroxylation sites is 4. The fourth-order valence-electron chi connectivity index (χ4n) is 10.2. The van der Waals surface area contributed by atoms with Crippen molar-refractivity contribution in [3.8, 4) is 34.0 Å². The molecule has 12 aromatic rings. The van der Waals surface area contributed by atoms with Crippen molar-refractivity contribution in [1.29, 1.82) is 0 Å². The molecule has 62 heavy (non-hydrogen) atoms. The minimum atomic E-state index is 0.653. The van der Waals surface area contributed by atoms with Crippen molar-refractivity contribution in [2.45, 2.75) is 12.8 Å². The average Bonchev–Trinajstić information content (AvgIpc) is 3.86. The molecule has 0 amide bonds. The molecule has 290 valence electrons. The summed E-state index contributed by atoms with van der Waals surface area (Å²) in [6.07, 6.45) is 4.52. The third-order valence-electron chi connectivity index (χ3n) is 13.0. The van der Waals surface area contributed by atoms with Crippen molar-refractivity contribution < 1.29 is 0 Å². The number of hydrogen-bond acceptors (Lipinski definition) is 2. The predicted octanol–water partition coefficient (Wildman–Crippen LogP) is 14.7. The van der Waals surface area contributed by atoms with E-state index in [-0.39, 0.29) is 0 Å². The molecule has 3 aromatic heterocycles. The summed E-state index contributed by atoms with van der Waals surface area (Å²) in [6, 6.07) is 72.5. The Hall–Kier alpha value is -8.08. The molecule has 9 aromatic carbocycles. The summed E-state index contributed by atoms with van der Waals surface area (Å²) in [5, 5.41) is 8.28. The molecule has 0 fully saturated rings. The second kappa shape index (κ2) is 13.7. The first kappa shape index (κ1) is 34.8. The number of benzene rings is 9. The van der Waals surface area contributed by atoms with Crippen LogP contribution >= 0.6 is 0 Å². The van der Waals surface area contributed by atoms with E-state index in [1.54, 1.807) is 0 Å². The Kier molecular flexibility index (Phi) is 7.70. The van der Waals surface area contributed by atoms with Crippen molar-refractivity contribution in [2.24, 2.45) is 0 Å². The highest BCUT2D eigenvalue weighted by Crippen LogP contribution is 2.43. The van der Waals surface area contributed by atoms with E-state index in [1.165, 1.54) is 76.7 Å². The standard InChI is InChI=1S/C58H38N4/c1-2-17-41(18-3-1)61-52-27-12-9-21-45(52)50-35-40(33-34-54(50)61)49-36-55-56(46-22-7-6-20-44(46)49)48-24-10-13-28-53(48)62(55)58-59-51-26-11-8-23-47(51)57(60-58)39-31-29-38(30-32-39)43-25-14-16-37-15-4-5-19-42(37)43/h1-13,15,17-36H,14,16H2. The summed E-state index contributed by atoms with van der Waals surface area (Å²) < 4.78 is 4.66. The molecule has 4 heteroatoms. The van der Waals surface area contributed by atoms with Crippen LogP contribution in [0.5, 0.6) is 0 Å². The van der Waals surface area contributed by atoms with Crippen LogP contribution in [-0.4, -0.2) is 19.1 Å². The maximum Gasteiger partial charge on any atom is 0.235 e. The molecule has 1 aliphatic rings. The predicted molar refractivity (Wildman–Crippen MR) is 258 cm³/mol. The van der Waals surface area contributed by atoms with Gasteiger partial charge in [0, 0.05) is 38.2 Å². The molecule has 4 nitrogen and oxygen atoms in total. The van der Waals surface area contributed by atoms with Gasteiger partial charge in [0.15, 0.2) is 0 Å². The first-order valence-electron chi connectivity index (χ1n) is 21.5. The lowest BCUT2D eigenvalue weighted by molar-refractivity contribution is 0.978. The molecule has 0 spiro atoms. The van der Waals surface area contributed by atoms with Gasteiger partial charge in [-0.15, -0.1) is 0 Å². The molecule has 0 saturated carbocycles. The number of allylic oxidation sites excluding steroid dienone is 1. The number of hydrogen-bond donors (Lipinski definition) is 0. The van der Waals surface area contributed by atoms with Crippen LogP contribution in [0.2, 0.25) is 0 Å². The van der Waals surface area contributed by atoms with Gasteiger partial charge >= 0.3 is 0 Å². The van der Waals surface area contributed by atoms with Crippen molar-refractivity contribution in [2.75, 3.05) is 0 Å². The molecule has 13 rings (SSSR count). The van der Waals surface area contributed by atoms with E-state index in [0.717, 1.165) is 51.7 Å². The van der Waals surface area contributed by atoms with Crippen LogP contribution in [0.25, 0.3) is 105 Å². The lowest BCUT2D eigenvalue weighted by atomic mass is 9.86. The van der Waals surface area contributed by atoms with Gasteiger partial charge in [-0.3, -0.25) is 4.57 Å². The maximum absolute atomic E-state index is 5.52. The number of aryl methyl sites for hydroxylation is 1. The minimum Gasteiger partial charge on any atom is -0.309 e. The molecule has 0 aliphatic heterocycles. The number of aromatic nitrogens is 4. The Bertz CT molecular complexity index is 3790. The zero-order valence-electron chi connectivity index (χ0n) is 33.8. The van der Waals surface area contributed by atoms with Crippen molar-refractivity contribution >= 4 is 70.9 Å². The van der Waals surface area contributed by atoms with Gasteiger partial charge in [0.2, 0.25) is 5.95 Å². The third-order valence-corrected chi connectivity index (χ3v) is 13.0. The first-order chi connectivity index (χ1) is 30.8. The third kappa shape index (κ3) is 5.26. The molecule has 0 radical (unpaired) electrons. The van der Waals surface area contributed by atoms with Gasteiger partial charge in [0.25, 0.3) is 0 Å². The Balaban J connectivity index is 1.03. The molecule has 0 bridgehead atoms. The van der Waals surface area contributed by atoms with Crippen LogP contribution in [0.1, 0.15) is 23.1 Å². The molecular weight excluding hydrogens is 753 g/mol. The molecule has 3 heterocycles. The van der Waals surface area contributed by atoms with Crippen molar-refractivity contribution in [3.63, 3.8) is 0 Å². The summed E-state index contributed by atoms with van der Waals surface area (Å²) in [7, 11) is 0. The van der Waals surface area contributed by atoms with Crippen LogP contribution in [-0.2, 0) is 6.42 Å². The molecule has 0 unspecified atom stereocenters. The molecule has 1 aliphatic carbocycles. The Morgan fingerprint density at radius 2 is 1.02 bits per heavy atom. The van der Waals surface area contributed by atoms with Crippen LogP contribution in [0, 0.1) is 0 Å². The fraction of sp³-hybridized carbons (Fsp3) is 0.0345. The van der Waals surface area contributed by atoms with E-state index >= 15 is 0 Å². The van der Waals surface area contributed by atoms with Gasteiger partial charge < -0.3 is 4.57 Å². The van der Waals surface area contributed by atoms with E-state index in [4.69, 9.17) is 9.97 Å². The molecule has 0 saturated heterocycles. The smallest absolute Gasteiger partial charge is 0.235 e. The van der Waals surface area contributed by atoms with Gasteiger partial charge in [-0.05, 0) is 106 Å². The van der Waals surface area contributed by atoms with Crippen LogP contribution in [0.4, 0.5) is 0 Å². The highest BCUT2D eigenvalue weighted by molar-refractivity contribution is 6.24. The largest absolute Gasteiger partial charge is 0.309 e. The Morgan fingerprint density at radius 3 is 1.85 bits per heavy atom. The molecular formula is C58H38N4. The van der Waals surface area contributed by atoms with Crippen LogP contribution in [0.3, 0.4) is 0 Å². The Morgan fingerprint density at radius 1 is 0.387 bits per heavy atom. The minimum absolute atomic E-state index is 0.653. The second-order valence-electron chi connectivity index (χ2n) is 16.4. The quantitative estimate of drug-likeness (QED) is 0.174. The fourth-order valence-corrected chi connectivity index (χ4v) is 10.2. The first-order valence-corrected chi connectivity index (χ1v) is 21.5. The van der Waals surface area contributed by atoms with Gasteiger partial charge in [0.05, 0.1) is 33.3 Å². The SMILES string of the molecule is C1=C(c2ccc(-c3nc(-n4c5ccccc5c5c6ccccc6c(-c6ccc7c(c6)c6ccccc6n7-c6ccccc6)cc54)nc4ccccc34)cc2)c2ccccc2CC1. The highest BCUT2D eigenvalue weighted by atomic mass is 15.2. The summed E-state index contributed by atoms with van der Waals surface area (Å²) in [5.74, 6) is 0.653. The van der Waals surface area contributed by atoms with E-state index < -0.39 is 0 Å². The Labute approximate surface area is 358 Å². The average molecular weight is 791 g/mol.